The first kappa shape index (κ1) is 15.9. The summed E-state index contributed by atoms with van der Waals surface area (Å²) in [4.78, 5) is 27.3. The molecule has 1 aliphatic rings. The number of nitrogens with zero attached hydrogens (tertiary/aromatic N) is 3. The van der Waals surface area contributed by atoms with Crippen LogP contribution >= 0.6 is 0 Å². The summed E-state index contributed by atoms with van der Waals surface area (Å²) in [5, 5.41) is 11.0. The fraction of sp³-hybridized carbons (Fsp3) is 0.333. The number of nitro benzene ring substituents is 1. The molecule has 8 nitrogen and oxygen atoms in total. The Morgan fingerprint density at radius 3 is 2.83 bits per heavy atom. The SMILES string of the molecule is COC(=O)N1CC(c2ncc(-c3cc(F)c(C)c([N+](=O)[O-])c3)o2)C1. The molecule has 0 spiro atoms. The molecule has 3 rings (SSSR count). The molecule has 1 amide bonds. The summed E-state index contributed by atoms with van der Waals surface area (Å²) < 4.78 is 24.1. The number of rotatable bonds is 3. The third-order valence-electron chi connectivity index (χ3n) is 3.99. The van der Waals surface area contributed by atoms with Crippen molar-refractivity contribution in [1.82, 2.24) is 9.88 Å². The van der Waals surface area contributed by atoms with Gasteiger partial charge in [0.2, 0.25) is 5.89 Å². The van der Waals surface area contributed by atoms with Crippen LogP contribution in [-0.2, 0) is 4.74 Å². The molecule has 24 heavy (non-hydrogen) atoms. The minimum absolute atomic E-state index is 0.0313. The molecule has 0 aliphatic carbocycles. The zero-order chi connectivity index (χ0) is 17.4. The maximum atomic E-state index is 13.9. The Balaban J connectivity index is 1.82. The largest absolute Gasteiger partial charge is 0.453 e. The van der Waals surface area contributed by atoms with E-state index >= 15 is 0 Å². The maximum Gasteiger partial charge on any atom is 0.409 e. The third-order valence-corrected chi connectivity index (χ3v) is 3.99. The highest BCUT2D eigenvalue weighted by molar-refractivity contribution is 5.69. The number of carbonyl (C=O) groups is 1. The number of halogens is 1. The molecule has 1 saturated heterocycles. The van der Waals surface area contributed by atoms with Crippen LogP contribution in [-0.4, -0.2) is 41.1 Å². The molecular weight excluding hydrogens is 321 g/mol. The summed E-state index contributed by atoms with van der Waals surface area (Å²) >= 11 is 0. The first-order valence-corrected chi connectivity index (χ1v) is 7.14. The number of nitro groups is 1. The Morgan fingerprint density at radius 1 is 1.50 bits per heavy atom. The van der Waals surface area contributed by atoms with E-state index in [1.54, 1.807) is 0 Å². The van der Waals surface area contributed by atoms with E-state index < -0.39 is 16.8 Å². The van der Waals surface area contributed by atoms with Crippen LogP contribution in [0.4, 0.5) is 14.9 Å². The van der Waals surface area contributed by atoms with Gasteiger partial charge < -0.3 is 14.1 Å². The quantitative estimate of drug-likeness (QED) is 0.632. The van der Waals surface area contributed by atoms with E-state index in [1.165, 1.54) is 37.3 Å². The molecule has 1 aromatic heterocycles. The van der Waals surface area contributed by atoms with Gasteiger partial charge in [0.25, 0.3) is 5.69 Å². The first-order chi connectivity index (χ1) is 11.4. The van der Waals surface area contributed by atoms with Gasteiger partial charge in [-0.1, -0.05) is 0 Å². The van der Waals surface area contributed by atoms with Gasteiger partial charge in [-0.15, -0.1) is 0 Å². The van der Waals surface area contributed by atoms with Crippen molar-refractivity contribution >= 4 is 11.8 Å². The van der Waals surface area contributed by atoms with Gasteiger partial charge in [-0.3, -0.25) is 10.1 Å². The molecule has 0 N–H and O–H groups in total. The Kier molecular flexibility index (Phi) is 3.92. The summed E-state index contributed by atoms with van der Waals surface area (Å²) in [6.07, 6.45) is 0.971. The van der Waals surface area contributed by atoms with Crippen LogP contribution < -0.4 is 0 Å². The lowest BCUT2D eigenvalue weighted by Crippen LogP contribution is -2.48. The average Bonchev–Trinajstić information content (AvgIpc) is 2.97. The number of likely N-dealkylation sites (tertiary alicyclic amines) is 1. The van der Waals surface area contributed by atoms with E-state index in [4.69, 9.17) is 4.42 Å². The second-order valence-corrected chi connectivity index (χ2v) is 5.49. The number of carbonyl (C=O) groups excluding carboxylic acids is 1. The lowest BCUT2D eigenvalue weighted by atomic mass is 10.0. The molecule has 1 fully saturated rings. The Hall–Kier alpha value is -2.97. The molecule has 0 atom stereocenters. The van der Waals surface area contributed by atoms with E-state index in [-0.39, 0.29) is 28.5 Å². The van der Waals surface area contributed by atoms with Crippen molar-refractivity contribution in [2.45, 2.75) is 12.8 Å². The Bertz CT molecular complexity index is 813. The van der Waals surface area contributed by atoms with Crippen molar-refractivity contribution in [2.24, 2.45) is 0 Å². The van der Waals surface area contributed by atoms with Crippen molar-refractivity contribution in [3.8, 4) is 11.3 Å². The topological polar surface area (TPSA) is 98.7 Å². The molecule has 1 aromatic carbocycles. The average molecular weight is 335 g/mol. The van der Waals surface area contributed by atoms with Crippen LogP contribution in [0.15, 0.2) is 22.7 Å². The summed E-state index contributed by atoms with van der Waals surface area (Å²) in [7, 11) is 1.30. The van der Waals surface area contributed by atoms with Crippen molar-refractivity contribution in [3.05, 3.63) is 45.7 Å². The molecule has 0 saturated carbocycles. The highest BCUT2D eigenvalue weighted by Crippen LogP contribution is 2.33. The van der Waals surface area contributed by atoms with Crippen LogP contribution in [0.25, 0.3) is 11.3 Å². The van der Waals surface area contributed by atoms with Crippen LogP contribution in [0.5, 0.6) is 0 Å². The lowest BCUT2D eigenvalue weighted by Gasteiger charge is -2.35. The van der Waals surface area contributed by atoms with E-state index in [2.05, 4.69) is 9.72 Å². The minimum atomic E-state index is -0.683. The van der Waals surface area contributed by atoms with E-state index in [1.807, 2.05) is 0 Å². The standard InChI is InChI=1S/C15H14FN3O5/c1-8-11(16)3-9(4-12(8)19(21)22)13-5-17-14(24-13)10-6-18(7-10)15(20)23-2/h3-5,10H,6-7H2,1-2H3. The molecule has 0 unspecified atom stereocenters. The van der Waals surface area contributed by atoms with Gasteiger partial charge >= 0.3 is 6.09 Å². The zero-order valence-electron chi connectivity index (χ0n) is 13.0. The summed E-state index contributed by atoms with van der Waals surface area (Å²) in [5.74, 6) is -0.127. The van der Waals surface area contributed by atoms with Gasteiger partial charge in [0.15, 0.2) is 5.76 Å². The molecule has 0 bridgehead atoms. The van der Waals surface area contributed by atoms with Gasteiger partial charge in [-0.05, 0) is 13.0 Å². The highest BCUT2D eigenvalue weighted by Gasteiger charge is 2.35. The van der Waals surface area contributed by atoms with Crippen molar-refractivity contribution < 1.29 is 23.3 Å². The predicted octanol–water partition coefficient (Wildman–Crippen LogP) is 2.86. The number of hydrogen-bond acceptors (Lipinski definition) is 6. The van der Waals surface area contributed by atoms with E-state index in [0.29, 0.717) is 19.0 Å². The fourth-order valence-corrected chi connectivity index (χ4v) is 2.52. The van der Waals surface area contributed by atoms with Crippen molar-refractivity contribution in [1.29, 1.82) is 0 Å². The lowest BCUT2D eigenvalue weighted by molar-refractivity contribution is -0.385. The smallest absolute Gasteiger partial charge is 0.409 e. The zero-order valence-corrected chi connectivity index (χ0v) is 13.0. The molecule has 1 aliphatic heterocycles. The molecule has 9 heteroatoms. The number of benzene rings is 1. The number of aromatic nitrogens is 1. The van der Waals surface area contributed by atoms with E-state index in [9.17, 15) is 19.3 Å². The van der Waals surface area contributed by atoms with E-state index in [0.717, 1.165) is 0 Å². The minimum Gasteiger partial charge on any atom is -0.453 e. The van der Waals surface area contributed by atoms with Crippen LogP contribution in [0.1, 0.15) is 17.4 Å². The number of methoxy groups -OCH3 is 1. The second kappa shape index (κ2) is 5.91. The van der Waals surface area contributed by atoms with Gasteiger partial charge in [0.05, 0.1) is 29.7 Å². The molecular formula is C15H14FN3O5. The number of ether oxygens (including phenoxy) is 1. The molecule has 126 valence electrons. The highest BCUT2D eigenvalue weighted by atomic mass is 19.1. The first-order valence-electron chi connectivity index (χ1n) is 7.14. The second-order valence-electron chi connectivity index (χ2n) is 5.49. The summed E-state index contributed by atoms with van der Waals surface area (Å²) in [6.45, 7) is 2.17. The number of oxazole rings is 1. The maximum absolute atomic E-state index is 13.9. The monoisotopic (exact) mass is 335 g/mol. The Morgan fingerprint density at radius 2 is 2.21 bits per heavy atom. The fourth-order valence-electron chi connectivity index (χ4n) is 2.52. The summed E-state index contributed by atoms with van der Waals surface area (Å²) in [6, 6.07) is 2.43. The van der Waals surface area contributed by atoms with Gasteiger partial charge in [0, 0.05) is 24.7 Å². The number of hydrogen-bond donors (Lipinski definition) is 0. The molecule has 2 aromatic rings. The third kappa shape index (κ3) is 2.68. The Labute approximate surface area is 136 Å². The predicted molar refractivity (Wildman–Crippen MR) is 80.0 cm³/mol. The van der Waals surface area contributed by atoms with Gasteiger partial charge in [-0.2, -0.15) is 0 Å². The van der Waals surface area contributed by atoms with Crippen molar-refractivity contribution in [2.75, 3.05) is 20.2 Å². The summed E-state index contributed by atoms with van der Waals surface area (Å²) in [5.41, 5.74) is -0.104. The van der Waals surface area contributed by atoms with Crippen molar-refractivity contribution in [3.63, 3.8) is 0 Å². The van der Waals surface area contributed by atoms with Gasteiger partial charge in [0.1, 0.15) is 5.82 Å². The number of amides is 1. The van der Waals surface area contributed by atoms with Crippen LogP contribution in [0.3, 0.4) is 0 Å². The normalized spacial score (nSPS) is 14.4. The molecule has 2 heterocycles. The van der Waals surface area contributed by atoms with Gasteiger partial charge in [-0.25, -0.2) is 14.2 Å². The van der Waals surface area contributed by atoms with Crippen LogP contribution in [0, 0.1) is 22.9 Å². The van der Waals surface area contributed by atoms with Crippen LogP contribution in [0.2, 0.25) is 0 Å². The molecule has 0 radical (unpaired) electrons.